The number of amides is 1. The van der Waals surface area contributed by atoms with Crippen LogP contribution in [0.5, 0.6) is 0 Å². The molecule has 0 aromatic heterocycles. The van der Waals surface area contributed by atoms with Crippen LogP contribution in [0, 0.1) is 17.2 Å². The molecule has 0 saturated carbocycles. The van der Waals surface area contributed by atoms with Crippen LogP contribution in [0.3, 0.4) is 0 Å². The average molecular weight is 238 g/mol. The van der Waals surface area contributed by atoms with Gasteiger partial charge in [-0.2, -0.15) is 5.26 Å². The zero-order chi connectivity index (χ0) is 11.6. The lowest BCUT2D eigenvalue weighted by molar-refractivity contribution is -0.134. The lowest BCUT2D eigenvalue weighted by Crippen LogP contribution is -2.48. The molecule has 2 rings (SSSR count). The number of piperidine rings is 1. The molecule has 0 N–H and O–H groups in total. The average Bonchev–Trinajstić information content (AvgIpc) is 2.76. The van der Waals surface area contributed by atoms with Crippen LogP contribution in [0.15, 0.2) is 0 Å². The molecule has 0 spiro atoms. The van der Waals surface area contributed by atoms with E-state index in [1.807, 2.05) is 4.90 Å². The lowest BCUT2D eigenvalue weighted by Gasteiger charge is -2.35. The zero-order valence-corrected chi connectivity index (χ0v) is 10.6. The minimum absolute atomic E-state index is 0.0488. The Balaban J connectivity index is 2.01. The Kier molecular flexibility index (Phi) is 3.44. The number of likely N-dealkylation sites (tertiary alicyclic amines) is 1. The molecule has 2 fully saturated rings. The van der Waals surface area contributed by atoms with Crippen molar-refractivity contribution in [2.45, 2.75) is 37.4 Å². The van der Waals surface area contributed by atoms with Crippen LogP contribution in [-0.2, 0) is 4.79 Å². The minimum atomic E-state index is -0.211. The van der Waals surface area contributed by atoms with Crippen molar-refractivity contribution in [3.8, 4) is 6.07 Å². The molecular weight excluding hydrogens is 220 g/mol. The monoisotopic (exact) mass is 238 g/mol. The summed E-state index contributed by atoms with van der Waals surface area (Å²) < 4.78 is -0.211. The van der Waals surface area contributed by atoms with Crippen molar-refractivity contribution in [3.63, 3.8) is 0 Å². The van der Waals surface area contributed by atoms with Crippen molar-refractivity contribution in [1.82, 2.24) is 4.90 Å². The topological polar surface area (TPSA) is 44.1 Å². The minimum Gasteiger partial charge on any atom is -0.340 e. The smallest absolute Gasteiger partial charge is 0.238 e. The first-order valence-corrected chi connectivity index (χ1v) is 6.97. The van der Waals surface area contributed by atoms with Crippen LogP contribution in [0.4, 0.5) is 0 Å². The molecule has 2 atom stereocenters. The number of carbonyl (C=O) groups excluding carboxylic acids is 1. The fourth-order valence-corrected chi connectivity index (χ4v) is 3.83. The second-order valence-corrected chi connectivity index (χ2v) is 6.50. The Bertz CT molecular complexity index is 317. The van der Waals surface area contributed by atoms with Crippen LogP contribution in [0.25, 0.3) is 0 Å². The van der Waals surface area contributed by atoms with Crippen molar-refractivity contribution < 1.29 is 4.79 Å². The highest BCUT2D eigenvalue weighted by atomic mass is 32.2. The van der Waals surface area contributed by atoms with Gasteiger partial charge in [-0.1, -0.05) is 0 Å². The molecule has 0 radical (unpaired) electrons. The van der Waals surface area contributed by atoms with E-state index in [-0.39, 0.29) is 16.6 Å². The summed E-state index contributed by atoms with van der Waals surface area (Å²) in [5.41, 5.74) is 0. The van der Waals surface area contributed by atoms with Gasteiger partial charge in [-0.05, 0) is 38.4 Å². The third kappa shape index (κ3) is 2.20. The van der Waals surface area contributed by atoms with Crippen molar-refractivity contribution in [3.05, 3.63) is 0 Å². The number of thioether (sulfide) groups is 1. The third-order valence-corrected chi connectivity index (χ3v) is 5.07. The van der Waals surface area contributed by atoms with Gasteiger partial charge < -0.3 is 4.90 Å². The maximum Gasteiger partial charge on any atom is 0.238 e. The molecule has 88 valence electrons. The van der Waals surface area contributed by atoms with E-state index in [0.717, 1.165) is 38.0 Å². The fourth-order valence-electron chi connectivity index (χ4n) is 2.55. The molecule has 0 aromatic rings. The predicted octanol–water partition coefficient (Wildman–Crippen LogP) is 2.03. The maximum atomic E-state index is 12.4. The van der Waals surface area contributed by atoms with E-state index in [1.54, 1.807) is 11.8 Å². The van der Waals surface area contributed by atoms with Crippen molar-refractivity contribution >= 4 is 17.7 Å². The van der Waals surface area contributed by atoms with E-state index in [0.29, 0.717) is 6.54 Å². The Morgan fingerprint density at radius 2 is 2.38 bits per heavy atom. The van der Waals surface area contributed by atoms with Crippen LogP contribution in [-0.4, -0.2) is 34.4 Å². The summed E-state index contributed by atoms with van der Waals surface area (Å²) in [6.45, 7) is 3.54. The van der Waals surface area contributed by atoms with Crippen LogP contribution >= 0.6 is 11.8 Å². The zero-order valence-electron chi connectivity index (χ0n) is 9.74. The summed E-state index contributed by atoms with van der Waals surface area (Å²) in [4.78, 5) is 14.3. The van der Waals surface area contributed by atoms with Gasteiger partial charge in [0.1, 0.15) is 0 Å². The molecule has 1 amide bonds. The summed E-state index contributed by atoms with van der Waals surface area (Å²) in [6, 6.07) is 2.29. The van der Waals surface area contributed by atoms with E-state index in [4.69, 9.17) is 5.26 Å². The summed E-state index contributed by atoms with van der Waals surface area (Å²) >= 11 is 1.78. The first kappa shape index (κ1) is 11.8. The number of nitrogens with zero attached hydrogens (tertiary/aromatic N) is 2. The van der Waals surface area contributed by atoms with Crippen LogP contribution in [0.2, 0.25) is 0 Å². The standard InChI is InChI=1S/C12H18N2OS/c1-12(5-3-7-16-12)11(15)14-6-2-4-10(8-13)9-14/h10H,2-7,9H2,1H3. The maximum absolute atomic E-state index is 12.4. The van der Waals surface area contributed by atoms with Gasteiger partial charge >= 0.3 is 0 Å². The predicted molar refractivity (Wildman–Crippen MR) is 65.0 cm³/mol. The largest absolute Gasteiger partial charge is 0.340 e. The number of nitriles is 1. The molecule has 4 heteroatoms. The molecule has 2 heterocycles. The number of hydrogen-bond donors (Lipinski definition) is 0. The lowest BCUT2D eigenvalue weighted by atomic mass is 9.97. The van der Waals surface area contributed by atoms with Crippen molar-refractivity contribution in [2.24, 2.45) is 5.92 Å². The van der Waals surface area contributed by atoms with Gasteiger partial charge in [-0.15, -0.1) is 11.8 Å². The van der Waals surface area contributed by atoms with Crippen LogP contribution < -0.4 is 0 Å². The van der Waals surface area contributed by atoms with E-state index < -0.39 is 0 Å². The first-order chi connectivity index (χ1) is 7.65. The molecular formula is C12H18N2OS. The Morgan fingerprint density at radius 3 is 3.00 bits per heavy atom. The van der Waals surface area contributed by atoms with E-state index in [9.17, 15) is 4.79 Å². The van der Waals surface area contributed by atoms with Gasteiger partial charge in [-0.25, -0.2) is 0 Å². The van der Waals surface area contributed by atoms with E-state index in [1.165, 1.54) is 0 Å². The molecule has 0 bridgehead atoms. The van der Waals surface area contributed by atoms with Crippen molar-refractivity contribution in [1.29, 1.82) is 5.26 Å². The van der Waals surface area contributed by atoms with Crippen LogP contribution in [0.1, 0.15) is 32.6 Å². The molecule has 16 heavy (non-hydrogen) atoms. The molecule has 0 aromatic carbocycles. The highest BCUT2D eigenvalue weighted by Gasteiger charge is 2.41. The van der Waals surface area contributed by atoms with Gasteiger partial charge in [0.15, 0.2) is 0 Å². The van der Waals surface area contributed by atoms with Crippen molar-refractivity contribution in [2.75, 3.05) is 18.8 Å². The molecule has 2 aliphatic heterocycles. The third-order valence-electron chi connectivity index (χ3n) is 3.56. The number of carbonyl (C=O) groups is 1. The quantitative estimate of drug-likeness (QED) is 0.702. The molecule has 3 nitrogen and oxygen atoms in total. The summed E-state index contributed by atoms with van der Waals surface area (Å²) in [7, 11) is 0. The van der Waals surface area contributed by atoms with Gasteiger partial charge in [0.2, 0.25) is 5.91 Å². The Morgan fingerprint density at radius 1 is 1.56 bits per heavy atom. The normalized spacial score (nSPS) is 34.8. The number of hydrogen-bond acceptors (Lipinski definition) is 3. The Labute approximate surface area is 101 Å². The highest BCUT2D eigenvalue weighted by Crippen LogP contribution is 2.39. The summed E-state index contributed by atoms with van der Waals surface area (Å²) in [5.74, 6) is 1.40. The molecule has 2 unspecified atom stereocenters. The second-order valence-electron chi connectivity index (χ2n) is 4.90. The molecule has 2 saturated heterocycles. The molecule has 2 aliphatic rings. The molecule has 0 aliphatic carbocycles. The van der Waals surface area contributed by atoms with E-state index >= 15 is 0 Å². The summed E-state index contributed by atoms with van der Waals surface area (Å²) in [5, 5.41) is 8.93. The first-order valence-electron chi connectivity index (χ1n) is 5.99. The van der Waals surface area contributed by atoms with Gasteiger partial charge in [0, 0.05) is 13.1 Å². The summed E-state index contributed by atoms with van der Waals surface area (Å²) in [6.07, 6.45) is 4.06. The second kappa shape index (κ2) is 4.67. The van der Waals surface area contributed by atoms with E-state index in [2.05, 4.69) is 13.0 Å². The fraction of sp³-hybridized carbons (Fsp3) is 0.833. The highest BCUT2D eigenvalue weighted by molar-refractivity contribution is 8.01. The van der Waals surface area contributed by atoms with Gasteiger partial charge in [0.25, 0.3) is 0 Å². The SMILES string of the molecule is CC1(C(=O)N2CCCC(C#N)C2)CCCS1. The Hall–Kier alpha value is -0.690. The number of rotatable bonds is 1. The van der Waals surface area contributed by atoms with Gasteiger partial charge in [0.05, 0.1) is 16.7 Å². The van der Waals surface area contributed by atoms with Gasteiger partial charge in [-0.3, -0.25) is 4.79 Å².